The van der Waals surface area contributed by atoms with Crippen LogP contribution in [0.2, 0.25) is 5.15 Å². The van der Waals surface area contributed by atoms with Gasteiger partial charge in [0.25, 0.3) is 5.91 Å². The molecule has 0 bridgehead atoms. The third-order valence-electron chi connectivity index (χ3n) is 4.75. The van der Waals surface area contributed by atoms with Crippen molar-refractivity contribution < 1.29 is 23.8 Å². The number of nitrogens with one attached hydrogen (secondary N) is 1. The van der Waals surface area contributed by atoms with Gasteiger partial charge in [0.15, 0.2) is 0 Å². The number of carbonyl (C=O) groups excluding carboxylic acids is 2. The molecular weight excluding hydrogens is 450 g/mol. The lowest BCUT2D eigenvalue weighted by molar-refractivity contribution is -0.109. The first-order chi connectivity index (χ1) is 15.6. The second-order valence-electron chi connectivity index (χ2n) is 8.56. The minimum absolute atomic E-state index is 0.205. The zero-order chi connectivity index (χ0) is 24.2. The van der Waals surface area contributed by atoms with Crippen molar-refractivity contribution in [2.75, 3.05) is 33.9 Å². The topological polar surface area (TPSA) is 116 Å². The standard InChI is InChI=1S/C22H28ClN5O5/c1-22(2,3)33-21(30)28-9-14(11-31-5)32-18(10-28)13-6-16(27-19(23)7-13)15-8-17(20(29)24-4)26-12-25-15/h6-8,12,14,18H,9-11H2,1-5H3,(H,24,29). The number of morpholine rings is 1. The molecule has 2 aromatic heterocycles. The summed E-state index contributed by atoms with van der Waals surface area (Å²) in [6.45, 7) is 6.37. The molecule has 0 aliphatic carbocycles. The SMILES string of the molecule is CNC(=O)c1cc(-c2cc(C3CN(C(=O)OC(C)(C)C)CC(COC)O3)cc(Cl)n2)ncn1. The molecule has 1 fully saturated rings. The molecule has 0 saturated carbocycles. The molecule has 3 rings (SSSR count). The van der Waals surface area contributed by atoms with Gasteiger partial charge in [0.05, 0.1) is 37.2 Å². The number of rotatable bonds is 5. The third-order valence-corrected chi connectivity index (χ3v) is 4.94. The Kier molecular flexibility index (Phi) is 7.83. The van der Waals surface area contributed by atoms with Gasteiger partial charge in [-0.25, -0.2) is 19.7 Å². The Morgan fingerprint density at radius 2 is 1.97 bits per heavy atom. The molecule has 0 spiro atoms. The number of ether oxygens (including phenoxy) is 3. The van der Waals surface area contributed by atoms with E-state index in [0.29, 0.717) is 30.1 Å². The molecular formula is C22H28ClN5O5. The first-order valence-electron chi connectivity index (χ1n) is 10.4. The number of hydrogen-bond donors (Lipinski definition) is 1. The molecule has 1 aliphatic heterocycles. The number of hydrogen-bond acceptors (Lipinski definition) is 8. The van der Waals surface area contributed by atoms with Crippen molar-refractivity contribution in [3.8, 4) is 11.4 Å². The summed E-state index contributed by atoms with van der Waals surface area (Å²) in [5, 5.41) is 2.75. The summed E-state index contributed by atoms with van der Waals surface area (Å²) in [5.74, 6) is -0.341. The Bertz CT molecular complexity index is 1010. The van der Waals surface area contributed by atoms with E-state index in [1.54, 1.807) is 24.1 Å². The van der Waals surface area contributed by atoms with Crippen LogP contribution in [0.5, 0.6) is 0 Å². The average Bonchev–Trinajstić information content (AvgIpc) is 2.77. The Morgan fingerprint density at radius 1 is 1.21 bits per heavy atom. The van der Waals surface area contributed by atoms with E-state index < -0.39 is 17.8 Å². The maximum atomic E-state index is 12.7. The highest BCUT2D eigenvalue weighted by atomic mass is 35.5. The normalized spacial score (nSPS) is 18.7. The van der Waals surface area contributed by atoms with Crippen molar-refractivity contribution in [1.29, 1.82) is 0 Å². The first-order valence-corrected chi connectivity index (χ1v) is 10.8. The minimum atomic E-state index is -0.621. The predicted molar refractivity (Wildman–Crippen MR) is 121 cm³/mol. The molecule has 33 heavy (non-hydrogen) atoms. The molecule has 11 heteroatoms. The van der Waals surface area contributed by atoms with Crippen molar-refractivity contribution >= 4 is 23.6 Å². The summed E-state index contributed by atoms with van der Waals surface area (Å²) in [6, 6.07) is 4.98. The zero-order valence-electron chi connectivity index (χ0n) is 19.3. The Balaban J connectivity index is 1.92. The van der Waals surface area contributed by atoms with Gasteiger partial charge >= 0.3 is 6.09 Å². The van der Waals surface area contributed by atoms with Crippen molar-refractivity contribution in [3.63, 3.8) is 0 Å². The second kappa shape index (κ2) is 10.4. The van der Waals surface area contributed by atoms with E-state index in [1.165, 1.54) is 19.4 Å². The minimum Gasteiger partial charge on any atom is -0.444 e. The third kappa shape index (κ3) is 6.59. The van der Waals surface area contributed by atoms with Crippen LogP contribution in [-0.4, -0.2) is 77.4 Å². The summed E-state index contributed by atoms with van der Waals surface area (Å²) in [5.41, 5.74) is 1.17. The number of aromatic nitrogens is 3. The van der Waals surface area contributed by atoms with Crippen LogP contribution < -0.4 is 5.32 Å². The van der Waals surface area contributed by atoms with Crippen molar-refractivity contribution in [1.82, 2.24) is 25.2 Å². The van der Waals surface area contributed by atoms with Crippen LogP contribution >= 0.6 is 11.6 Å². The maximum absolute atomic E-state index is 12.7. The Morgan fingerprint density at radius 3 is 2.64 bits per heavy atom. The molecule has 1 saturated heterocycles. The molecule has 1 aliphatic rings. The van der Waals surface area contributed by atoms with Crippen molar-refractivity contribution in [3.05, 3.63) is 40.9 Å². The number of nitrogens with zero attached hydrogens (tertiary/aromatic N) is 4. The average molecular weight is 478 g/mol. The van der Waals surface area contributed by atoms with Crippen LogP contribution in [-0.2, 0) is 14.2 Å². The fourth-order valence-electron chi connectivity index (χ4n) is 3.36. The van der Waals surface area contributed by atoms with E-state index in [9.17, 15) is 9.59 Å². The van der Waals surface area contributed by atoms with Crippen LogP contribution in [0, 0.1) is 0 Å². The largest absolute Gasteiger partial charge is 0.444 e. The fraction of sp³-hybridized carbons (Fsp3) is 0.500. The molecule has 0 radical (unpaired) electrons. The van der Waals surface area contributed by atoms with Gasteiger partial charge in [-0.05, 0) is 44.5 Å². The summed E-state index contributed by atoms with van der Waals surface area (Å²) in [7, 11) is 3.10. The van der Waals surface area contributed by atoms with Gasteiger partial charge in [-0.1, -0.05) is 11.6 Å². The number of carbonyl (C=O) groups is 2. The lowest BCUT2D eigenvalue weighted by atomic mass is 10.1. The molecule has 2 amide bonds. The van der Waals surface area contributed by atoms with Gasteiger partial charge in [0, 0.05) is 14.2 Å². The van der Waals surface area contributed by atoms with Crippen LogP contribution in [0.15, 0.2) is 24.5 Å². The highest BCUT2D eigenvalue weighted by Gasteiger charge is 2.34. The van der Waals surface area contributed by atoms with Gasteiger partial charge in [-0.2, -0.15) is 0 Å². The van der Waals surface area contributed by atoms with Gasteiger partial charge < -0.3 is 24.4 Å². The Hall–Kier alpha value is -2.82. The van der Waals surface area contributed by atoms with Gasteiger partial charge in [0.2, 0.25) is 0 Å². The predicted octanol–water partition coefficient (Wildman–Crippen LogP) is 2.88. The van der Waals surface area contributed by atoms with Gasteiger partial charge in [-0.15, -0.1) is 0 Å². The van der Waals surface area contributed by atoms with E-state index in [1.807, 2.05) is 20.8 Å². The fourth-order valence-corrected chi connectivity index (χ4v) is 3.58. The molecule has 0 aromatic carbocycles. The number of methoxy groups -OCH3 is 1. The highest BCUT2D eigenvalue weighted by Crippen LogP contribution is 2.30. The Labute approximate surface area is 197 Å². The molecule has 2 atom stereocenters. The molecule has 10 nitrogen and oxygen atoms in total. The molecule has 2 unspecified atom stereocenters. The second-order valence-corrected chi connectivity index (χ2v) is 8.95. The van der Waals surface area contributed by atoms with Gasteiger partial charge in [0.1, 0.15) is 28.9 Å². The van der Waals surface area contributed by atoms with Crippen LogP contribution in [0.4, 0.5) is 4.79 Å². The van der Waals surface area contributed by atoms with Crippen LogP contribution in [0.1, 0.15) is 42.9 Å². The summed E-state index contributed by atoms with van der Waals surface area (Å²) in [6.07, 6.45) is 0.0165. The summed E-state index contributed by atoms with van der Waals surface area (Å²) in [4.78, 5) is 38.8. The van der Waals surface area contributed by atoms with E-state index in [0.717, 1.165) is 0 Å². The molecule has 178 valence electrons. The number of amides is 2. The van der Waals surface area contributed by atoms with Crippen LogP contribution in [0.3, 0.4) is 0 Å². The van der Waals surface area contributed by atoms with E-state index >= 15 is 0 Å². The van der Waals surface area contributed by atoms with E-state index in [4.69, 9.17) is 25.8 Å². The molecule has 3 heterocycles. The van der Waals surface area contributed by atoms with Crippen molar-refractivity contribution in [2.45, 2.75) is 38.6 Å². The quantitative estimate of drug-likeness (QED) is 0.653. The van der Waals surface area contributed by atoms with E-state index in [2.05, 4.69) is 20.3 Å². The lowest BCUT2D eigenvalue weighted by Gasteiger charge is -2.38. The summed E-state index contributed by atoms with van der Waals surface area (Å²) >= 11 is 6.31. The van der Waals surface area contributed by atoms with Crippen LogP contribution in [0.25, 0.3) is 11.4 Å². The first kappa shape index (κ1) is 24.8. The van der Waals surface area contributed by atoms with Gasteiger partial charge in [-0.3, -0.25) is 4.79 Å². The smallest absolute Gasteiger partial charge is 0.410 e. The monoisotopic (exact) mass is 477 g/mol. The number of pyridine rings is 1. The lowest BCUT2D eigenvalue weighted by Crippen LogP contribution is -2.49. The maximum Gasteiger partial charge on any atom is 0.410 e. The summed E-state index contributed by atoms with van der Waals surface area (Å²) < 4.78 is 17.0. The van der Waals surface area contributed by atoms with Crippen molar-refractivity contribution in [2.24, 2.45) is 0 Å². The van der Waals surface area contributed by atoms with E-state index in [-0.39, 0.29) is 29.4 Å². The zero-order valence-corrected chi connectivity index (χ0v) is 20.0. The molecule has 2 aromatic rings. The molecule has 1 N–H and O–H groups in total. The highest BCUT2D eigenvalue weighted by molar-refractivity contribution is 6.29. The number of halogens is 1.